The van der Waals surface area contributed by atoms with E-state index in [0.717, 1.165) is 5.56 Å². The number of nitrogens with two attached hydrogens (primary N) is 1. The van der Waals surface area contributed by atoms with Crippen LogP contribution in [0.4, 0.5) is 13.2 Å². The van der Waals surface area contributed by atoms with Crippen LogP contribution in [-0.4, -0.2) is 17.2 Å². The number of nitrogens with zero attached hydrogens (tertiary/aromatic N) is 1. The molecule has 5 heteroatoms. The Labute approximate surface area is 79.9 Å². The van der Waals surface area contributed by atoms with E-state index in [0.29, 0.717) is 0 Å². The minimum absolute atomic E-state index is 0.224. The number of hydrogen-bond donors (Lipinski definition) is 1. The average Bonchev–Trinajstić information content (AvgIpc) is 2.02. The molecule has 78 valence electrons. The number of rotatable bonds is 3. The van der Waals surface area contributed by atoms with Gasteiger partial charge in [-0.2, -0.15) is 13.2 Å². The summed E-state index contributed by atoms with van der Waals surface area (Å²) in [5.41, 5.74) is 6.13. The van der Waals surface area contributed by atoms with E-state index < -0.39 is 18.6 Å². The van der Waals surface area contributed by atoms with Gasteiger partial charge in [0.2, 0.25) is 0 Å². The van der Waals surface area contributed by atoms with Gasteiger partial charge >= 0.3 is 6.18 Å². The molecule has 1 atom stereocenters. The van der Waals surface area contributed by atoms with Crippen molar-refractivity contribution in [2.45, 2.75) is 25.1 Å². The van der Waals surface area contributed by atoms with Gasteiger partial charge in [-0.25, -0.2) is 0 Å². The van der Waals surface area contributed by atoms with Crippen LogP contribution in [0.2, 0.25) is 0 Å². The zero-order valence-electron chi connectivity index (χ0n) is 7.46. The molecule has 2 nitrogen and oxygen atoms in total. The first-order valence-electron chi connectivity index (χ1n) is 4.18. The van der Waals surface area contributed by atoms with E-state index in [4.69, 9.17) is 5.73 Å². The van der Waals surface area contributed by atoms with E-state index in [1.54, 1.807) is 12.1 Å². The zero-order valence-corrected chi connectivity index (χ0v) is 7.46. The summed E-state index contributed by atoms with van der Waals surface area (Å²) in [6.07, 6.45) is -1.84. The average molecular weight is 204 g/mol. The van der Waals surface area contributed by atoms with Gasteiger partial charge in [-0.1, -0.05) is 0 Å². The fraction of sp³-hybridized carbons (Fsp3) is 0.444. The van der Waals surface area contributed by atoms with Gasteiger partial charge in [0.25, 0.3) is 0 Å². The molecule has 2 N–H and O–H groups in total. The number of halogens is 3. The highest BCUT2D eigenvalue weighted by Crippen LogP contribution is 2.21. The second-order valence-electron chi connectivity index (χ2n) is 3.14. The van der Waals surface area contributed by atoms with E-state index in [2.05, 4.69) is 4.98 Å². The van der Waals surface area contributed by atoms with Gasteiger partial charge in [0.1, 0.15) is 0 Å². The number of aromatic nitrogens is 1. The zero-order chi connectivity index (χ0) is 10.6. The van der Waals surface area contributed by atoms with Crippen molar-refractivity contribution in [1.82, 2.24) is 4.98 Å². The highest BCUT2D eigenvalue weighted by Gasteiger charge is 2.30. The van der Waals surface area contributed by atoms with Crippen molar-refractivity contribution in [1.29, 1.82) is 0 Å². The SMILES string of the molecule is NC(Cc1ccncc1)CC(F)(F)F. The van der Waals surface area contributed by atoms with Crippen molar-refractivity contribution >= 4 is 0 Å². The van der Waals surface area contributed by atoms with Crippen LogP contribution in [0.25, 0.3) is 0 Å². The number of hydrogen-bond acceptors (Lipinski definition) is 2. The van der Waals surface area contributed by atoms with E-state index in [9.17, 15) is 13.2 Å². The van der Waals surface area contributed by atoms with Crippen LogP contribution in [0.3, 0.4) is 0 Å². The van der Waals surface area contributed by atoms with Crippen LogP contribution in [0, 0.1) is 0 Å². The van der Waals surface area contributed by atoms with Crippen LogP contribution in [0.15, 0.2) is 24.5 Å². The predicted molar refractivity (Wildman–Crippen MR) is 46.6 cm³/mol. The second kappa shape index (κ2) is 4.41. The maximum atomic E-state index is 11.9. The molecule has 0 aliphatic carbocycles. The summed E-state index contributed by atoms with van der Waals surface area (Å²) in [6.45, 7) is 0. The van der Waals surface area contributed by atoms with Crippen molar-refractivity contribution in [3.8, 4) is 0 Å². The molecule has 14 heavy (non-hydrogen) atoms. The van der Waals surface area contributed by atoms with Crippen molar-refractivity contribution < 1.29 is 13.2 Å². The fourth-order valence-electron chi connectivity index (χ4n) is 1.19. The fourth-order valence-corrected chi connectivity index (χ4v) is 1.19. The van der Waals surface area contributed by atoms with Crippen molar-refractivity contribution in [3.63, 3.8) is 0 Å². The van der Waals surface area contributed by atoms with Gasteiger partial charge in [0, 0.05) is 18.4 Å². The van der Waals surface area contributed by atoms with Crippen LogP contribution in [-0.2, 0) is 6.42 Å². The Morgan fingerprint density at radius 1 is 1.29 bits per heavy atom. The maximum Gasteiger partial charge on any atom is 0.390 e. The van der Waals surface area contributed by atoms with Crippen LogP contribution in [0.5, 0.6) is 0 Å². The molecule has 0 spiro atoms. The van der Waals surface area contributed by atoms with E-state index >= 15 is 0 Å². The van der Waals surface area contributed by atoms with Gasteiger partial charge in [-0.15, -0.1) is 0 Å². The van der Waals surface area contributed by atoms with Gasteiger partial charge in [-0.05, 0) is 24.1 Å². The first-order chi connectivity index (χ1) is 6.47. The molecule has 0 saturated heterocycles. The Bertz CT molecular complexity index is 271. The minimum atomic E-state index is -4.19. The number of pyridine rings is 1. The van der Waals surface area contributed by atoms with Crippen LogP contribution >= 0.6 is 0 Å². The smallest absolute Gasteiger partial charge is 0.327 e. The lowest BCUT2D eigenvalue weighted by Crippen LogP contribution is -2.29. The van der Waals surface area contributed by atoms with Crippen molar-refractivity contribution in [2.75, 3.05) is 0 Å². The standard InChI is InChI=1S/C9H11F3N2/c10-9(11,12)6-8(13)5-7-1-3-14-4-2-7/h1-4,8H,5-6,13H2. The van der Waals surface area contributed by atoms with E-state index in [-0.39, 0.29) is 6.42 Å². The predicted octanol–water partition coefficient (Wildman–Crippen LogP) is 1.90. The first-order valence-corrected chi connectivity index (χ1v) is 4.18. The molecule has 0 bridgehead atoms. The monoisotopic (exact) mass is 204 g/mol. The summed E-state index contributed by atoms with van der Waals surface area (Å²) in [5.74, 6) is 0. The molecule has 1 aromatic heterocycles. The van der Waals surface area contributed by atoms with Gasteiger partial charge in [-0.3, -0.25) is 4.98 Å². The first kappa shape index (κ1) is 11.0. The second-order valence-corrected chi connectivity index (χ2v) is 3.14. The molecule has 1 heterocycles. The van der Waals surface area contributed by atoms with E-state index in [1.165, 1.54) is 12.4 Å². The molecule has 1 unspecified atom stereocenters. The molecule has 0 aliphatic rings. The summed E-state index contributed by atoms with van der Waals surface area (Å²) < 4.78 is 35.7. The Kier molecular flexibility index (Phi) is 3.46. The molecule has 0 radical (unpaired) electrons. The third-order valence-corrected chi connectivity index (χ3v) is 1.74. The molecule has 0 saturated carbocycles. The molecular formula is C9H11F3N2. The van der Waals surface area contributed by atoms with Gasteiger partial charge < -0.3 is 5.73 Å². The summed E-state index contributed by atoms with van der Waals surface area (Å²) >= 11 is 0. The topological polar surface area (TPSA) is 38.9 Å². The lowest BCUT2D eigenvalue weighted by atomic mass is 10.1. The Morgan fingerprint density at radius 2 is 1.86 bits per heavy atom. The lowest BCUT2D eigenvalue weighted by molar-refractivity contribution is -0.138. The van der Waals surface area contributed by atoms with E-state index in [1.807, 2.05) is 0 Å². The van der Waals surface area contributed by atoms with Crippen LogP contribution in [0.1, 0.15) is 12.0 Å². The Hall–Kier alpha value is -1.10. The summed E-state index contributed by atoms with van der Waals surface area (Å²) in [7, 11) is 0. The molecule has 1 aromatic rings. The maximum absolute atomic E-state index is 11.9. The molecule has 0 aliphatic heterocycles. The quantitative estimate of drug-likeness (QED) is 0.816. The van der Waals surface area contributed by atoms with Gasteiger partial charge in [0.15, 0.2) is 0 Å². The highest BCUT2D eigenvalue weighted by molar-refractivity contribution is 5.11. The lowest BCUT2D eigenvalue weighted by Gasteiger charge is -2.13. The molecule has 1 rings (SSSR count). The Morgan fingerprint density at radius 3 is 2.36 bits per heavy atom. The van der Waals surface area contributed by atoms with Gasteiger partial charge in [0.05, 0.1) is 6.42 Å². The Balaban J connectivity index is 2.46. The summed E-state index contributed by atoms with van der Waals surface area (Å²) in [4.78, 5) is 3.76. The molecule has 0 aromatic carbocycles. The van der Waals surface area contributed by atoms with Crippen molar-refractivity contribution in [2.24, 2.45) is 5.73 Å². The summed E-state index contributed by atoms with van der Waals surface area (Å²) in [6, 6.07) is 2.45. The normalized spacial score (nSPS) is 14.0. The van der Waals surface area contributed by atoms with Crippen LogP contribution < -0.4 is 5.73 Å². The molecule has 0 amide bonds. The third-order valence-electron chi connectivity index (χ3n) is 1.74. The minimum Gasteiger partial charge on any atom is -0.327 e. The largest absolute Gasteiger partial charge is 0.390 e. The number of alkyl halides is 3. The third kappa shape index (κ3) is 4.23. The highest BCUT2D eigenvalue weighted by atomic mass is 19.4. The van der Waals surface area contributed by atoms with Crippen molar-refractivity contribution in [3.05, 3.63) is 30.1 Å². The molecule has 0 fully saturated rings. The summed E-state index contributed by atoms with van der Waals surface area (Å²) in [5, 5.41) is 0. The molecular weight excluding hydrogens is 193 g/mol.